The molecule has 31 heavy (non-hydrogen) atoms. The van der Waals surface area contributed by atoms with E-state index < -0.39 is 18.5 Å². The second kappa shape index (κ2) is 10.0. The number of para-hydroxylation sites is 1. The van der Waals surface area contributed by atoms with E-state index >= 15 is 0 Å². The van der Waals surface area contributed by atoms with Crippen molar-refractivity contribution in [2.75, 3.05) is 6.61 Å². The number of amides is 1. The van der Waals surface area contributed by atoms with Crippen molar-refractivity contribution in [3.05, 3.63) is 76.3 Å². The van der Waals surface area contributed by atoms with Gasteiger partial charge in [-0.2, -0.15) is 0 Å². The van der Waals surface area contributed by atoms with Crippen LogP contribution in [0.1, 0.15) is 37.9 Å². The fourth-order valence-corrected chi connectivity index (χ4v) is 3.36. The van der Waals surface area contributed by atoms with Gasteiger partial charge in [-0.05, 0) is 35.6 Å². The number of aromatic nitrogens is 2. The summed E-state index contributed by atoms with van der Waals surface area (Å²) >= 11 is 0. The van der Waals surface area contributed by atoms with E-state index in [1.807, 2.05) is 38.1 Å². The first kappa shape index (κ1) is 22.2. The average Bonchev–Trinajstić information content (AvgIpc) is 2.78. The van der Waals surface area contributed by atoms with Gasteiger partial charge in [0.25, 0.3) is 11.5 Å². The molecule has 0 spiro atoms. The van der Waals surface area contributed by atoms with Gasteiger partial charge in [-0.1, -0.05) is 57.2 Å². The minimum absolute atomic E-state index is 0.161. The van der Waals surface area contributed by atoms with E-state index in [9.17, 15) is 14.4 Å². The van der Waals surface area contributed by atoms with Crippen LogP contribution in [0.3, 0.4) is 0 Å². The van der Waals surface area contributed by atoms with Crippen LogP contribution in [0.15, 0.2) is 59.7 Å². The highest BCUT2D eigenvalue weighted by molar-refractivity contribution is 5.81. The molecule has 0 aliphatic heterocycles. The lowest BCUT2D eigenvalue weighted by Gasteiger charge is -2.23. The third-order valence-corrected chi connectivity index (χ3v) is 5.13. The number of carbonyl (C=O) groups is 2. The molecule has 7 nitrogen and oxygen atoms in total. The van der Waals surface area contributed by atoms with Gasteiger partial charge in [0.15, 0.2) is 6.61 Å². The summed E-state index contributed by atoms with van der Waals surface area (Å²) in [4.78, 5) is 41.2. The Balaban J connectivity index is 1.58. The van der Waals surface area contributed by atoms with Gasteiger partial charge in [0.05, 0.1) is 23.3 Å². The highest BCUT2D eigenvalue weighted by atomic mass is 16.5. The molecule has 0 fully saturated rings. The van der Waals surface area contributed by atoms with Gasteiger partial charge in [-0.3, -0.25) is 19.0 Å². The van der Waals surface area contributed by atoms with Crippen LogP contribution in [0.25, 0.3) is 10.9 Å². The second-order valence-corrected chi connectivity index (χ2v) is 7.74. The zero-order valence-corrected chi connectivity index (χ0v) is 18.0. The maximum Gasteiger partial charge on any atom is 0.326 e. The molecular weight excluding hydrogens is 394 g/mol. The highest BCUT2D eigenvalue weighted by Crippen LogP contribution is 2.22. The van der Waals surface area contributed by atoms with Crippen molar-refractivity contribution in [2.45, 2.75) is 39.8 Å². The maximum absolute atomic E-state index is 12.5. The number of aryl methyl sites for hydroxylation is 1. The molecule has 0 bridgehead atoms. The van der Waals surface area contributed by atoms with Crippen LogP contribution < -0.4 is 10.9 Å². The van der Waals surface area contributed by atoms with Gasteiger partial charge >= 0.3 is 5.97 Å². The summed E-state index contributed by atoms with van der Waals surface area (Å²) in [6.45, 7) is 5.40. The smallest absolute Gasteiger partial charge is 0.326 e. The number of nitrogens with one attached hydrogen (secondary N) is 1. The first-order chi connectivity index (χ1) is 14.9. The summed E-state index contributed by atoms with van der Waals surface area (Å²) in [5.74, 6) is -0.910. The van der Waals surface area contributed by atoms with E-state index in [4.69, 9.17) is 4.74 Å². The Bertz CT molecular complexity index is 1120. The van der Waals surface area contributed by atoms with Crippen LogP contribution >= 0.6 is 0 Å². The van der Waals surface area contributed by atoms with Gasteiger partial charge < -0.3 is 10.1 Å². The molecule has 0 unspecified atom stereocenters. The van der Waals surface area contributed by atoms with Gasteiger partial charge in [0, 0.05) is 0 Å². The largest absolute Gasteiger partial charge is 0.454 e. The minimum Gasteiger partial charge on any atom is -0.454 e. The number of hydrogen-bond donors (Lipinski definition) is 1. The van der Waals surface area contributed by atoms with Gasteiger partial charge in [0.2, 0.25) is 0 Å². The third kappa shape index (κ3) is 5.57. The van der Waals surface area contributed by atoms with E-state index in [0.717, 1.165) is 12.0 Å². The Kier molecular flexibility index (Phi) is 7.18. The number of esters is 1. The van der Waals surface area contributed by atoms with Crippen molar-refractivity contribution in [3.8, 4) is 0 Å². The Morgan fingerprint density at radius 2 is 1.81 bits per heavy atom. The average molecular weight is 421 g/mol. The topological polar surface area (TPSA) is 90.3 Å². The zero-order chi connectivity index (χ0) is 22.4. The molecule has 1 heterocycles. The number of benzene rings is 2. The molecule has 162 valence electrons. The fourth-order valence-electron chi connectivity index (χ4n) is 3.36. The third-order valence-electron chi connectivity index (χ3n) is 5.13. The number of rotatable bonds is 8. The number of nitrogens with zero attached hydrogens (tertiary/aromatic N) is 2. The van der Waals surface area contributed by atoms with Crippen LogP contribution in [0.2, 0.25) is 0 Å². The summed E-state index contributed by atoms with van der Waals surface area (Å²) in [6, 6.07) is 14.8. The quantitative estimate of drug-likeness (QED) is 0.565. The molecule has 1 atom stereocenters. The molecule has 2 aromatic carbocycles. The van der Waals surface area contributed by atoms with Crippen LogP contribution in [0.4, 0.5) is 0 Å². The monoisotopic (exact) mass is 421 g/mol. The molecular formula is C24H27N3O4. The van der Waals surface area contributed by atoms with Crippen LogP contribution in [-0.2, 0) is 27.3 Å². The molecule has 7 heteroatoms. The summed E-state index contributed by atoms with van der Waals surface area (Å²) in [6.07, 6.45) is 2.26. The minimum atomic E-state index is -0.678. The summed E-state index contributed by atoms with van der Waals surface area (Å²) in [5.41, 5.74) is 2.45. The summed E-state index contributed by atoms with van der Waals surface area (Å²) in [7, 11) is 0. The molecule has 3 aromatic rings. The first-order valence-electron chi connectivity index (χ1n) is 10.4. The lowest BCUT2D eigenvalue weighted by molar-refractivity contribution is -0.149. The predicted octanol–water partition coefficient (Wildman–Crippen LogP) is 3.02. The van der Waals surface area contributed by atoms with Crippen molar-refractivity contribution in [1.29, 1.82) is 0 Å². The Morgan fingerprint density at radius 3 is 2.48 bits per heavy atom. The number of ether oxygens (including phenoxy) is 1. The molecule has 0 aliphatic carbocycles. The van der Waals surface area contributed by atoms with Gasteiger partial charge in [-0.25, -0.2) is 4.98 Å². The van der Waals surface area contributed by atoms with Crippen molar-refractivity contribution in [1.82, 2.24) is 14.9 Å². The fraction of sp³-hybridized carbons (Fsp3) is 0.333. The number of hydrogen-bond acceptors (Lipinski definition) is 5. The van der Waals surface area contributed by atoms with E-state index in [-0.39, 0.29) is 24.1 Å². The van der Waals surface area contributed by atoms with Gasteiger partial charge in [0.1, 0.15) is 6.54 Å². The lowest BCUT2D eigenvalue weighted by Crippen LogP contribution is -2.35. The molecule has 1 amide bonds. The number of fused-ring (bicyclic) bond motifs is 1. The van der Waals surface area contributed by atoms with Crippen molar-refractivity contribution >= 4 is 22.8 Å². The van der Waals surface area contributed by atoms with Crippen LogP contribution in [0.5, 0.6) is 0 Å². The Hall–Kier alpha value is -3.48. The molecule has 0 aliphatic rings. The molecule has 0 radical (unpaired) electrons. The highest BCUT2D eigenvalue weighted by Gasteiger charge is 2.19. The van der Waals surface area contributed by atoms with Crippen LogP contribution in [0, 0.1) is 5.92 Å². The van der Waals surface area contributed by atoms with Crippen molar-refractivity contribution < 1.29 is 14.3 Å². The Labute approximate surface area is 181 Å². The lowest BCUT2D eigenvalue weighted by atomic mass is 9.95. The molecule has 1 N–H and O–H groups in total. The van der Waals surface area contributed by atoms with E-state index in [0.29, 0.717) is 10.9 Å². The first-order valence-corrected chi connectivity index (χ1v) is 10.4. The maximum atomic E-state index is 12.5. The summed E-state index contributed by atoms with van der Waals surface area (Å²) < 4.78 is 6.26. The zero-order valence-electron chi connectivity index (χ0n) is 18.0. The van der Waals surface area contributed by atoms with E-state index in [1.54, 1.807) is 24.3 Å². The SMILES string of the molecule is CCc1ccc([C@@H](NC(=O)COC(=O)Cn2cnc3ccccc3c2=O)C(C)C)cc1. The normalized spacial score (nSPS) is 12.0. The van der Waals surface area contributed by atoms with E-state index in [2.05, 4.69) is 17.2 Å². The molecule has 0 saturated carbocycles. The number of carbonyl (C=O) groups excluding carboxylic acids is 2. The van der Waals surface area contributed by atoms with Gasteiger partial charge in [-0.15, -0.1) is 0 Å². The van der Waals surface area contributed by atoms with E-state index in [1.165, 1.54) is 16.5 Å². The van der Waals surface area contributed by atoms with Crippen LogP contribution in [-0.4, -0.2) is 28.0 Å². The molecule has 3 rings (SSSR count). The van der Waals surface area contributed by atoms with Crippen molar-refractivity contribution in [3.63, 3.8) is 0 Å². The predicted molar refractivity (Wildman–Crippen MR) is 119 cm³/mol. The molecule has 0 saturated heterocycles. The standard InChI is InChI=1S/C24H27N3O4/c1-4-17-9-11-18(12-10-17)23(16(2)3)26-21(28)14-31-22(29)13-27-15-25-20-8-6-5-7-19(20)24(27)30/h5-12,15-16,23H,4,13-14H2,1-3H3,(H,26,28)/t23-/m0/s1. The Morgan fingerprint density at radius 1 is 1.10 bits per heavy atom. The summed E-state index contributed by atoms with van der Waals surface area (Å²) in [5, 5.41) is 3.35. The van der Waals surface area contributed by atoms with Crippen molar-refractivity contribution in [2.24, 2.45) is 5.92 Å². The molecule has 1 aromatic heterocycles. The second-order valence-electron chi connectivity index (χ2n) is 7.74.